The first-order valence-corrected chi connectivity index (χ1v) is 15.1. The van der Waals surface area contributed by atoms with E-state index in [-0.39, 0.29) is 28.2 Å². The van der Waals surface area contributed by atoms with Crippen molar-refractivity contribution in [3.8, 4) is 0 Å². The summed E-state index contributed by atoms with van der Waals surface area (Å²) in [6.45, 7) is 16.8. The highest BCUT2D eigenvalue weighted by molar-refractivity contribution is 6.09. The Morgan fingerprint density at radius 3 is 1.82 bits per heavy atom. The fourth-order valence-corrected chi connectivity index (χ4v) is 4.75. The summed E-state index contributed by atoms with van der Waals surface area (Å²) in [6.07, 6.45) is 1.49. The molecule has 3 aromatic carbocycles. The topological polar surface area (TPSA) is 120 Å². The van der Waals surface area contributed by atoms with Gasteiger partial charge in [-0.2, -0.15) is 4.98 Å². The van der Waals surface area contributed by atoms with Crippen LogP contribution in [0.2, 0.25) is 0 Å². The van der Waals surface area contributed by atoms with Crippen molar-refractivity contribution in [2.24, 2.45) is 0 Å². The third-order valence-electron chi connectivity index (χ3n) is 7.70. The maximum atomic E-state index is 13.5. The molecule has 45 heavy (non-hydrogen) atoms. The van der Waals surface area contributed by atoms with Gasteiger partial charge in [0.25, 0.3) is 11.8 Å². The molecule has 0 radical (unpaired) electrons. The summed E-state index contributed by atoms with van der Waals surface area (Å²) in [5, 5.41) is 15.3. The van der Waals surface area contributed by atoms with E-state index in [9.17, 15) is 9.59 Å². The van der Waals surface area contributed by atoms with Gasteiger partial charge in [0.05, 0.1) is 0 Å². The molecule has 0 fully saturated rings. The van der Waals surface area contributed by atoms with E-state index < -0.39 is 0 Å². The molecule has 9 nitrogen and oxygen atoms in total. The van der Waals surface area contributed by atoms with Crippen LogP contribution in [0, 0.1) is 13.8 Å². The molecule has 9 heteroatoms. The molecule has 1 heterocycles. The summed E-state index contributed by atoms with van der Waals surface area (Å²) in [5.74, 6) is 0.143. The Balaban J connectivity index is 1.54. The number of nitrogens with zero attached hydrogens (tertiary/aromatic N) is 2. The van der Waals surface area contributed by atoms with E-state index in [4.69, 9.17) is 0 Å². The van der Waals surface area contributed by atoms with Crippen LogP contribution in [-0.4, -0.2) is 35.9 Å². The SMILES string of the molecule is CNc1cc(Nc2ncc(C(=O)Nc3cc(NC(=O)c4cc(C(C)(C)C)cc(C(C)(C)C)c4)ccc3C)c(NC)n2)ccc1C. The molecule has 0 bridgehead atoms. The van der Waals surface area contributed by atoms with Gasteiger partial charge in [-0.05, 0) is 83.3 Å². The summed E-state index contributed by atoms with van der Waals surface area (Å²) >= 11 is 0. The lowest BCUT2D eigenvalue weighted by Gasteiger charge is -2.26. The minimum atomic E-state index is -0.377. The van der Waals surface area contributed by atoms with Gasteiger partial charge in [-0.1, -0.05) is 59.7 Å². The first-order chi connectivity index (χ1) is 21.1. The van der Waals surface area contributed by atoms with E-state index >= 15 is 0 Å². The van der Waals surface area contributed by atoms with Crippen molar-refractivity contribution in [3.05, 3.63) is 94.2 Å². The molecule has 0 aliphatic heterocycles. The van der Waals surface area contributed by atoms with E-state index in [2.05, 4.69) is 84.2 Å². The van der Waals surface area contributed by atoms with Gasteiger partial charge in [0, 0.05) is 48.6 Å². The lowest BCUT2D eigenvalue weighted by atomic mass is 9.79. The number of benzene rings is 3. The number of aryl methyl sites for hydroxylation is 2. The molecule has 0 saturated carbocycles. The van der Waals surface area contributed by atoms with Crippen molar-refractivity contribution >= 4 is 46.3 Å². The number of nitrogens with one attached hydrogen (secondary N) is 5. The quantitative estimate of drug-likeness (QED) is 0.138. The van der Waals surface area contributed by atoms with Crippen molar-refractivity contribution in [3.63, 3.8) is 0 Å². The molecule has 0 aliphatic carbocycles. The summed E-state index contributed by atoms with van der Waals surface area (Å²) in [7, 11) is 3.57. The Hall–Kier alpha value is -4.92. The second-order valence-electron chi connectivity index (χ2n) is 13.3. The maximum Gasteiger partial charge on any atom is 0.261 e. The number of rotatable bonds is 8. The van der Waals surface area contributed by atoms with Crippen LogP contribution in [-0.2, 0) is 10.8 Å². The molecule has 1 aromatic heterocycles. The molecule has 2 amide bonds. The fourth-order valence-electron chi connectivity index (χ4n) is 4.75. The lowest BCUT2D eigenvalue weighted by Crippen LogP contribution is -2.20. The summed E-state index contributed by atoms with van der Waals surface area (Å²) in [6, 6.07) is 17.5. The summed E-state index contributed by atoms with van der Waals surface area (Å²) in [5.41, 5.74) is 7.77. The van der Waals surface area contributed by atoms with E-state index in [0.29, 0.717) is 28.7 Å². The zero-order valence-corrected chi connectivity index (χ0v) is 28.0. The largest absolute Gasteiger partial charge is 0.388 e. The average molecular weight is 608 g/mol. The van der Waals surface area contributed by atoms with Crippen LogP contribution in [0.1, 0.15) is 84.5 Å². The van der Waals surface area contributed by atoms with Crippen LogP contribution < -0.4 is 26.6 Å². The summed E-state index contributed by atoms with van der Waals surface area (Å²) < 4.78 is 0. The van der Waals surface area contributed by atoms with Crippen molar-refractivity contribution in [1.29, 1.82) is 0 Å². The average Bonchev–Trinajstić information content (AvgIpc) is 2.98. The molecule has 0 atom stereocenters. The van der Waals surface area contributed by atoms with Gasteiger partial charge in [-0.15, -0.1) is 0 Å². The van der Waals surface area contributed by atoms with Crippen LogP contribution in [0.25, 0.3) is 0 Å². The molecule has 0 aliphatic rings. The third-order valence-corrected chi connectivity index (χ3v) is 7.70. The molecule has 4 aromatic rings. The highest BCUT2D eigenvalue weighted by Crippen LogP contribution is 2.31. The minimum absolute atomic E-state index is 0.113. The molecule has 0 unspecified atom stereocenters. The Bertz CT molecular complexity index is 1700. The molecule has 0 spiro atoms. The van der Waals surface area contributed by atoms with E-state index in [1.54, 1.807) is 13.1 Å². The molecular formula is C36H45N7O2. The standard InChI is InChI=1S/C36H45N7O2/c1-21-11-14-27(18-29(21)37-9)41-34-39-20-28(31(38-10)43-34)33(45)42-30-19-26(13-12-22(30)2)40-32(44)23-15-24(35(3,4)5)17-25(16-23)36(6,7)8/h11-20,37H,1-10H3,(H,40,44)(H,42,45)(H2,38,39,41,43). The smallest absolute Gasteiger partial charge is 0.261 e. The predicted molar refractivity (Wildman–Crippen MR) is 187 cm³/mol. The number of hydrogen-bond donors (Lipinski definition) is 5. The van der Waals surface area contributed by atoms with Crippen molar-refractivity contribution < 1.29 is 9.59 Å². The van der Waals surface area contributed by atoms with Gasteiger partial charge in [0.1, 0.15) is 11.4 Å². The van der Waals surface area contributed by atoms with Crippen molar-refractivity contribution in [2.45, 2.75) is 66.2 Å². The second-order valence-corrected chi connectivity index (χ2v) is 13.3. The maximum absolute atomic E-state index is 13.5. The minimum Gasteiger partial charge on any atom is -0.388 e. The number of anilines is 6. The number of amides is 2. The zero-order chi connectivity index (χ0) is 33.1. The van der Waals surface area contributed by atoms with Crippen molar-refractivity contribution in [1.82, 2.24) is 9.97 Å². The van der Waals surface area contributed by atoms with Crippen LogP contribution >= 0.6 is 0 Å². The number of hydrogen-bond acceptors (Lipinski definition) is 7. The number of aromatic nitrogens is 2. The molecular weight excluding hydrogens is 562 g/mol. The highest BCUT2D eigenvalue weighted by atomic mass is 16.2. The van der Waals surface area contributed by atoms with Gasteiger partial charge < -0.3 is 26.6 Å². The van der Waals surface area contributed by atoms with Crippen LogP contribution in [0.3, 0.4) is 0 Å². The zero-order valence-electron chi connectivity index (χ0n) is 28.0. The molecule has 4 rings (SSSR count). The Labute approximate surface area is 266 Å². The van der Waals surface area contributed by atoms with Gasteiger partial charge in [-0.3, -0.25) is 9.59 Å². The Morgan fingerprint density at radius 1 is 0.667 bits per heavy atom. The van der Waals surface area contributed by atoms with Crippen molar-refractivity contribution in [2.75, 3.05) is 40.7 Å². The molecule has 236 valence electrons. The Morgan fingerprint density at radius 2 is 1.24 bits per heavy atom. The summed E-state index contributed by atoms with van der Waals surface area (Å²) in [4.78, 5) is 35.8. The third kappa shape index (κ3) is 7.98. The Kier molecular flexibility index (Phi) is 9.51. The normalized spacial score (nSPS) is 11.5. The number of carbonyl (C=O) groups excluding carboxylic acids is 2. The lowest BCUT2D eigenvalue weighted by molar-refractivity contribution is 0.101. The van der Waals surface area contributed by atoms with Gasteiger partial charge in [-0.25, -0.2) is 4.98 Å². The highest BCUT2D eigenvalue weighted by Gasteiger charge is 2.23. The molecule has 5 N–H and O–H groups in total. The second kappa shape index (κ2) is 13.0. The molecule has 0 saturated heterocycles. The number of carbonyl (C=O) groups is 2. The first-order valence-electron chi connectivity index (χ1n) is 15.1. The van der Waals surface area contributed by atoms with Gasteiger partial charge >= 0.3 is 0 Å². The first kappa shape index (κ1) is 33.0. The fraction of sp³-hybridized carbons (Fsp3) is 0.333. The van der Waals surface area contributed by atoms with Crippen LogP contribution in [0.15, 0.2) is 60.8 Å². The monoisotopic (exact) mass is 607 g/mol. The predicted octanol–water partition coefficient (Wildman–Crippen LogP) is 8.02. The van der Waals surface area contributed by atoms with Gasteiger partial charge in [0.2, 0.25) is 5.95 Å². The van der Waals surface area contributed by atoms with Crippen LogP contribution in [0.4, 0.5) is 34.5 Å². The van der Waals surface area contributed by atoms with E-state index in [1.165, 1.54) is 6.20 Å². The van der Waals surface area contributed by atoms with E-state index in [0.717, 1.165) is 33.6 Å². The van der Waals surface area contributed by atoms with E-state index in [1.807, 2.05) is 63.4 Å². The van der Waals surface area contributed by atoms with Gasteiger partial charge in [0.15, 0.2) is 0 Å². The van der Waals surface area contributed by atoms with Crippen LogP contribution in [0.5, 0.6) is 0 Å².